The highest BCUT2D eigenvalue weighted by molar-refractivity contribution is 14.0. The van der Waals surface area contributed by atoms with Gasteiger partial charge in [-0.1, -0.05) is 32.9 Å². The molecule has 3 atom stereocenters. The molecule has 5 heteroatoms. The SMILES string of the molecule is C=C(C)CN=C(N)NC1C(C)C(OC)C1(C)C.I. The summed E-state index contributed by atoms with van der Waals surface area (Å²) in [5.74, 6) is 0.932. The zero-order chi connectivity index (χ0) is 13.2. The highest BCUT2D eigenvalue weighted by atomic mass is 127. The van der Waals surface area contributed by atoms with Crippen molar-refractivity contribution in [3.05, 3.63) is 12.2 Å². The van der Waals surface area contributed by atoms with Crippen LogP contribution < -0.4 is 11.1 Å². The number of hydrogen-bond acceptors (Lipinski definition) is 2. The first-order valence-electron chi connectivity index (χ1n) is 6.04. The van der Waals surface area contributed by atoms with Crippen LogP contribution in [0.4, 0.5) is 0 Å². The maximum absolute atomic E-state index is 5.86. The van der Waals surface area contributed by atoms with Crippen molar-refractivity contribution in [2.45, 2.75) is 39.8 Å². The highest BCUT2D eigenvalue weighted by Crippen LogP contribution is 2.46. The van der Waals surface area contributed by atoms with E-state index in [9.17, 15) is 0 Å². The predicted octanol–water partition coefficient (Wildman–Crippen LogP) is 2.14. The van der Waals surface area contributed by atoms with Crippen molar-refractivity contribution >= 4 is 29.9 Å². The molecular weight excluding hydrogens is 341 g/mol. The number of nitrogens with one attached hydrogen (secondary N) is 1. The van der Waals surface area contributed by atoms with E-state index in [4.69, 9.17) is 10.5 Å². The molecule has 106 valence electrons. The van der Waals surface area contributed by atoms with E-state index in [0.717, 1.165) is 5.57 Å². The van der Waals surface area contributed by atoms with Crippen LogP contribution in [0, 0.1) is 11.3 Å². The Balaban J connectivity index is 0.00000289. The number of rotatable bonds is 4. The smallest absolute Gasteiger partial charge is 0.189 e. The second-order valence-electron chi connectivity index (χ2n) is 5.62. The lowest BCUT2D eigenvalue weighted by Crippen LogP contribution is -2.68. The van der Waals surface area contributed by atoms with Crippen molar-refractivity contribution in [3.8, 4) is 0 Å². The summed E-state index contributed by atoms with van der Waals surface area (Å²) in [7, 11) is 1.76. The summed E-state index contributed by atoms with van der Waals surface area (Å²) >= 11 is 0. The molecule has 0 spiro atoms. The lowest BCUT2D eigenvalue weighted by atomic mass is 9.58. The first-order valence-corrected chi connectivity index (χ1v) is 6.04. The number of aliphatic imine (C=N–C) groups is 1. The van der Waals surface area contributed by atoms with Gasteiger partial charge in [0.05, 0.1) is 12.6 Å². The van der Waals surface area contributed by atoms with E-state index in [1.165, 1.54) is 0 Å². The van der Waals surface area contributed by atoms with Gasteiger partial charge in [-0.3, -0.25) is 0 Å². The van der Waals surface area contributed by atoms with Gasteiger partial charge in [-0.05, 0) is 6.92 Å². The highest BCUT2D eigenvalue weighted by Gasteiger charge is 2.54. The molecule has 0 amide bonds. The normalized spacial score (nSPS) is 30.1. The Morgan fingerprint density at radius 2 is 2.06 bits per heavy atom. The number of ether oxygens (including phenoxy) is 1. The van der Waals surface area contributed by atoms with Gasteiger partial charge in [-0.2, -0.15) is 0 Å². The molecule has 0 radical (unpaired) electrons. The molecule has 1 saturated carbocycles. The fraction of sp³-hybridized carbons (Fsp3) is 0.769. The zero-order valence-corrected chi connectivity index (χ0v) is 14.3. The summed E-state index contributed by atoms with van der Waals surface area (Å²) in [5, 5.41) is 3.28. The van der Waals surface area contributed by atoms with Gasteiger partial charge in [-0.25, -0.2) is 4.99 Å². The topological polar surface area (TPSA) is 59.6 Å². The Kier molecular flexibility index (Phi) is 6.63. The fourth-order valence-electron chi connectivity index (χ4n) is 2.85. The van der Waals surface area contributed by atoms with Crippen molar-refractivity contribution in [1.29, 1.82) is 0 Å². The number of hydrogen-bond donors (Lipinski definition) is 2. The number of halogens is 1. The van der Waals surface area contributed by atoms with E-state index in [1.54, 1.807) is 7.11 Å². The Morgan fingerprint density at radius 3 is 2.44 bits per heavy atom. The summed E-state index contributed by atoms with van der Waals surface area (Å²) in [6.07, 6.45) is 0.272. The van der Waals surface area contributed by atoms with Crippen LogP contribution in [-0.2, 0) is 4.74 Å². The predicted molar refractivity (Wildman–Crippen MR) is 87.4 cm³/mol. The van der Waals surface area contributed by atoms with E-state index < -0.39 is 0 Å². The number of guanidine groups is 1. The minimum Gasteiger partial charge on any atom is -0.380 e. The van der Waals surface area contributed by atoms with E-state index >= 15 is 0 Å². The van der Waals surface area contributed by atoms with Crippen LogP contribution in [-0.4, -0.2) is 31.8 Å². The Morgan fingerprint density at radius 1 is 1.50 bits per heavy atom. The van der Waals surface area contributed by atoms with Crippen molar-refractivity contribution in [1.82, 2.24) is 5.32 Å². The minimum absolute atomic E-state index is 0. The summed E-state index contributed by atoms with van der Waals surface area (Å²) < 4.78 is 5.49. The van der Waals surface area contributed by atoms with Crippen molar-refractivity contribution in [2.75, 3.05) is 13.7 Å². The van der Waals surface area contributed by atoms with Gasteiger partial charge in [0, 0.05) is 24.5 Å². The third-order valence-electron chi connectivity index (χ3n) is 3.61. The van der Waals surface area contributed by atoms with E-state index in [0.29, 0.717) is 24.5 Å². The Labute approximate surface area is 127 Å². The number of nitrogens with zero attached hydrogens (tertiary/aromatic N) is 1. The average molecular weight is 367 g/mol. The van der Waals surface area contributed by atoms with E-state index in [1.807, 2.05) is 6.92 Å². The number of nitrogens with two attached hydrogens (primary N) is 1. The van der Waals surface area contributed by atoms with Crippen LogP contribution in [0.1, 0.15) is 27.7 Å². The molecule has 3 unspecified atom stereocenters. The Bertz CT molecular complexity index is 328. The monoisotopic (exact) mass is 367 g/mol. The maximum atomic E-state index is 5.86. The largest absolute Gasteiger partial charge is 0.380 e. The molecule has 0 saturated heterocycles. The van der Waals surface area contributed by atoms with Crippen molar-refractivity contribution in [2.24, 2.45) is 22.1 Å². The first kappa shape index (κ1) is 17.7. The van der Waals surface area contributed by atoms with Gasteiger partial charge in [0.1, 0.15) is 0 Å². The third kappa shape index (κ3) is 3.60. The maximum Gasteiger partial charge on any atom is 0.189 e. The summed E-state index contributed by atoms with van der Waals surface area (Å²) in [6.45, 7) is 12.9. The molecule has 18 heavy (non-hydrogen) atoms. The fourth-order valence-corrected chi connectivity index (χ4v) is 2.85. The van der Waals surface area contributed by atoms with Crippen LogP contribution in [0.5, 0.6) is 0 Å². The second kappa shape index (κ2) is 6.75. The molecule has 3 N–H and O–H groups in total. The second-order valence-corrected chi connectivity index (χ2v) is 5.62. The summed E-state index contributed by atoms with van der Waals surface area (Å²) in [5.41, 5.74) is 6.95. The van der Waals surface area contributed by atoms with Gasteiger partial charge in [0.25, 0.3) is 0 Å². The van der Waals surface area contributed by atoms with E-state index in [2.05, 4.69) is 37.7 Å². The molecule has 1 aliphatic rings. The molecule has 1 rings (SSSR count). The van der Waals surface area contributed by atoms with Gasteiger partial charge >= 0.3 is 0 Å². The van der Waals surface area contributed by atoms with Gasteiger partial charge in [-0.15, -0.1) is 24.0 Å². The van der Waals surface area contributed by atoms with Gasteiger partial charge in [0.2, 0.25) is 0 Å². The molecule has 0 aromatic heterocycles. The molecule has 0 aromatic carbocycles. The molecule has 0 bridgehead atoms. The Hall–Kier alpha value is -0.300. The molecular formula is C13H26IN3O. The molecule has 0 aliphatic heterocycles. The molecule has 4 nitrogen and oxygen atoms in total. The van der Waals surface area contributed by atoms with Gasteiger partial charge in [0.15, 0.2) is 5.96 Å². The first-order chi connectivity index (χ1) is 7.80. The van der Waals surface area contributed by atoms with Crippen LogP contribution in [0.25, 0.3) is 0 Å². The van der Waals surface area contributed by atoms with Crippen molar-refractivity contribution < 1.29 is 4.74 Å². The quantitative estimate of drug-likeness (QED) is 0.347. The molecule has 1 fully saturated rings. The lowest BCUT2D eigenvalue weighted by Gasteiger charge is -2.56. The van der Waals surface area contributed by atoms with Gasteiger partial charge < -0.3 is 15.8 Å². The van der Waals surface area contributed by atoms with Crippen LogP contribution in [0.3, 0.4) is 0 Å². The molecule has 0 aromatic rings. The zero-order valence-electron chi connectivity index (χ0n) is 12.0. The standard InChI is InChI=1S/C13H25N3O.HI/c1-8(2)7-15-12(14)16-10-9(3)11(17-6)13(10,4)5;/h9-11H,1,7H2,2-6H3,(H3,14,15,16);1H. The van der Waals surface area contributed by atoms with E-state index in [-0.39, 0.29) is 35.5 Å². The average Bonchev–Trinajstić information content (AvgIpc) is 2.23. The van der Waals surface area contributed by atoms with Crippen LogP contribution >= 0.6 is 24.0 Å². The number of methoxy groups -OCH3 is 1. The third-order valence-corrected chi connectivity index (χ3v) is 3.61. The summed E-state index contributed by atoms with van der Waals surface area (Å²) in [6, 6.07) is 0.307. The lowest BCUT2D eigenvalue weighted by molar-refractivity contribution is -0.139. The molecule has 1 aliphatic carbocycles. The summed E-state index contributed by atoms with van der Waals surface area (Å²) in [4.78, 5) is 4.24. The van der Waals surface area contributed by atoms with Crippen LogP contribution in [0.2, 0.25) is 0 Å². The molecule has 0 heterocycles. The van der Waals surface area contributed by atoms with Crippen LogP contribution in [0.15, 0.2) is 17.1 Å². The minimum atomic E-state index is 0. The van der Waals surface area contributed by atoms with Crippen molar-refractivity contribution in [3.63, 3.8) is 0 Å².